The van der Waals surface area contributed by atoms with E-state index in [-0.39, 0.29) is 18.0 Å². The molecule has 0 saturated carbocycles. The van der Waals surface area contributed by atoms with Crippen molar-refractivity contribution in [3.63, 3.8) is 0 Å². The number of hydrogen-bond donors (Lipinski definition) is 2. The lowest BCUT2D eigenvalue weighted by Gasteiger charge is -2.18. The number of rotatable bonds is 8. The molecular formula is C25H22ClF3N4O3. The lowest BCUT2D eigenvalue weighted by atomic mass is 9.96. The first-order valence-corrected chi connectivity index (χ1v) is 11.5. The molecule has 1 aliphatic heterocycles. The molecule has 7 nitrogen and oxygen atoms in total. The van der Waals surface area contributed by atoms with Crippen LogP contribution in [0.2, 0.25) is 5.02 Å². The number of anilines is 1. The van der Waals surface area contributed by atoms with E-state index in [1.54, 1.807) is 24.4 Å². The number of amides is 1. The standard InChI is InChI=1S/C25H22ClF3N4O3/c1-35-23-19(7-6-18(26)22(23)25(27,28)29)33-21(34)8-5-15-3-2-4-16(13-15)36-17-9-10-30-20(14-17)24-31-11-12-32-24/h4,6-7,9-10,14-15H,5,8,11-13H2,1H3,(H,31,32)(H,33,34). The largest absolute Gasteiger partial charge is 0.494 e. The molecule has 11 heteroatoms. The molecule has 1 unspecified atom stereocenters. The Morgan fingerprint density at radius 2 is 2.17 bits per heavy atom. The molecule has 1 amide bonds. The van der Waals surface area contributed by atoms with Crippen LogP contribution in [0.25, 0.3) is 0 Å². The van der Waals surface area contributed by atoms with Gasteiger partial charge in [0.25, 0.3) is 0 Å². The van der Waals surface area contributed by atoms with Crippen LogP contribution < -0.4 is 20.1 Å². The molecule has 4 rings (SSSR count). The number of allylic oxidation sites excluding steroid dienone is 2. The minimum atomic E-state index is -4.74. The number of methoxy groups -OCH3 is 1. The summed E-state index contributed by atoms with van der Waals surface area (Å²) in [4.78, 5) is 21.2. The van der Waals surface area contributed by atoms with E-state index in [9.17, 15) is 18.0 Å². The Morgan fingerprint density at radius 3 is 2.89 bits per heavy atom. The van der Waals surface area contributed by atoms with Crippen LogP contribution >= 0.6 is 11.6 Å². The maximum atomic E-state index is 13.4. The lowest BCUT2D eigenvalue weighted by molar-refractivity contribution is -0.138. The summed E-state index contributed by atoms with van der Waals surface area (Å²) in [6, 6.07) is 5.87. The van der Waals surface area contributed by atoms with Crippen molar-refractivity contribution >= 4 is 29.0 Å². The third kappa shape index (κ3) is 6.10. The molecule has 0 bridgehead atoms. The third-order valence-corrected chi connectivity index (χ3v) is 5.77. The number of nitrogens with one attached hydrogen (secondary N) is 2. The summed E-state index contributed by atoms with van der Waals surface area (Å²) < 4.78 is 51.0. The van der Waals surface area contributed by atoms with Gasteiger partial charge in [0.2, 0.25) is 5.91 Å². The van der Waals surface area contributed by atoms with Gasteiger partial charge in [-0.05, 0) is 24.6 Å². The number of aliphatic imine (C=N–C) groups is 1. The van der Waals surface area contributed by atoms with Crippen LogP contribution in [-0.4, -0.2) is 36.9 Å². The summed E-state index contributed by atoms with van der Waals surface area (Å²) >= 11 is 5.72. The van der Waals surface area contributed by atoms with E-state index in [4.69, 9.17) is 21.1 Å². The predicted molar refractivity (Wildman–Crippen MR) is 129 cm³/mol. The van der Waals surface area contributed by atoms with Crippen molar-refractivity contribution in [2.45, 2.75) is 25.4 Å². The van der Waals surface area contributed by atoms with Crippen LogP contribution in [0.1, 0.15) is 30.5 Å². The van der Waals surface area contributed by atoms with Crippen molar-refractivity contribution in [3.05, 3.63) is 58.6 Å². The summed E-state index contributed by atoms with van der Waals surface area (Å²) in [5.74, 6) is 6.78. The number of amidine groups is 1. The summed E-state index contributed by atoms with van der Waals surface area (Å²) in [5.41, 5.74) is -0.552. The maximum absolute atomic E-state index is 13.4. The number of halogens is 4. The van der Waals surface area contributed by atoms with Crippen LogP contribution in [0.15, 0.2) is 47.3 Å². The normalized spacial score (nSPS) is 16.8. The minimum absolute atomic E-state index is 0.0463. The second-order valence-electron chi connectivity index (χ2n) is 8.02. The number of benzene rings is 1. The Kier molecular flexibility index (Phi) is 7.70. The highest BCUT2D eigenvalue weighted by molar-refractivity contribution is 6.31. The zero-order chi connectivity index (χ0) is 25.7. The quantitative estimate of drug-likeness (QED) is 0.490. The Labute approximate surface area is 210 Å². The highest BCUT2D eigenvalue weighted by atomic mass is 35.5. The summed E-state index contributed by atoms with van der Waals surface area (Å²) in [6.07, 6.45) is -0.493. The molecule has 188 valence electrons. The van der Waals surface area contributed by atoms with Crippen LogP contribution in [0.4, 0.5) is 18.9 Å². The number of nitrogens with zero attached hydrogens (tertiary/aromatic N) is 2. The Hall–Kier alpha value is -3.71. The molecule has 1 atom stereocenters. The van der Waals surface area contributed by atoms with Gasteiger partial charge in [-0.2, -0.15) is 13.2 Å². The molecule has 2 aliphatic rings. The molecule has 1 aromatic carbocycles. The highest BCUT2D eigenvalue weighted by Crippen LogP contribution is 2.44. The minimum Gasteiger partial charge on any atom is -0.494 e. The first kappa shape index (κ1) is 25.4. The number of alkyl halides is 3. The number of pyridine rings is 1. The van der Waals surface area contributed by atoms with Crippen LogP contribution in [0, 0.1) is 17.8 Å². The topological polar surface area (TPSA) is 84.8 Å². The Bertz CT molecular complexity index is 1280. The van der Waals surface area contributed by atoms with Gasteiger partial charge in [-0.15, -0.1) is 0 Å². The van der Waals surface area contributed by atoms with Gasteiger partial charge in [0.05, 0.1) is 24.4 Å². The van der Waals surface area contributed by atoms with Crippen molar-refractivity contribution in [2.75, 3.05) is 25.5 Å². The second-order valence-corrected chi connectivity index (χ2v) is 8.43. The van der Waals surface area contributed by atoms with E-state index in [1.165, 1.54) is 6.07 Å². The fourth-order valence-corrected chi connectivity index (χ4v) is 4.07. The van der Waals surface area contributed by atoms with Crippen molar-refractivity contribution in [3.8, 4) is 23.3 Å². The SMILES string of the molecule is COc1c(NC(=O)CCC2C#CC=C(Oc3ccnc(C4=NCCN4)c3)C2)ccc(Cl)c1C(F)(F)F. The molecule has 2 N–H and O–H groups in total. The molecule has 1 aliphatic carbocycles. The van der Waals surface area contributed by atoms with E-state index in [0.717, 1.165) is 25.6 Å². The molecule has 0 spiro atoms. The summed E-state index contributed by atoms with van der Waals surface area (Å²) in [7, 11) is 1.09. The molecule has 0 fully saturated rings. The number of aromatic nitrogens is 1. The van der Waals surface area contributed by atoms with E-state index < -0.39 is 28.4 Å². The Morgan fingerprint density at radius 1 is 1.33 bits per heavy atom. The number of ether oxygens (including phenoxy) is 2. The lowest BCUT2D eigenvalue weighted by Crippen LogP contribution is -2.20. The van der Waals surface area contributed by atoms with Crippen molar-refractivity contribution in [2.24, 2.45) is 10.9 Å². The van der Waals surface area contributed by atoms with E-state index in [0.29, 0.717) is 36.6 Å². The van der Waals surface area contributed by atoms with E-state index in [1.807, 2.05) is 0 Å². The number of hydrogen-bond acceptors (Lipinski definition) is 6. The predicted octanol–water partition coefficient (Wildman–Crippen LogP) is 4.82. The van der Waals surface area contributed by atoms with Gasteiger partial charge in [-0.25, -0.2) is 0 Å². The van der Waals surface area contributed by atoms with Crippen molar-refractivity contribution in [1.82, 2.24) is 10.3 Å². The maximum Gasteiger partial charge on any atom is 0.421 e. The second kappa shape index (κ2) is 10.9. The van der Waals surface area contributed by atoms with E-state index >= 15 is 0 Å². The van der Waals surface area contributed by atoms with Gasteiger partial charge in [-0.3, -0.25) is 14.8 Å². The Balaban J connectivity index is 1.34. The number of carbonyl (C=O) groups excluding carboxylic acids is 1. The molecule has 0 saturated heterocycles. The first-order chi connectivity index (χ1) is 17.2. The molecule has 0 radical (unpaired) electrons. The van der Waals surface area contributed by atoms with Crippen LogP contribution in [0.5, 0.6) is 11.5 Å². The van der Waals surface area contributed by atoms with Crippen LogP contribution in [0.3, 0.4) is 0 Å². The molecule has 36 heavy (non-hydrogen) atoms. The fourth-order valence-electron chi connectivity index (χ4n) is 3.81. The average molecular weight is 519 g/mol. The third-order valence-electron chi connectivity index (χ3n) is 5.45. The first-order valence-electron chi connectivity index (χ1n) is 11.1. The summed E-state index contributed by atoms with van der Waals surface area (Å²) in [5, 5.41) is 5.14. The van der Waals surface area contributed by atoms with Crippen molar-refractivity contribution in [1.29, 1.82) is 0 Å². The van der Waals surface area contributed by atoms with Gasteiger partial charge in [-0.1, -0.05) is 23.4 Å². The zero-order valence-corrected chi connectivity index (χ0v) is 20.0. The van der Waals surface area contributed by atoms with Crippen molar-refractivity contribution < 1.29 is 27.4 Å². The average Bonchev–Trinajstić information content (AvgIpc) is 3.38. The summed E-state index contributed by atoms with van der Waals surface area (Å²) in [6.45, 7) is 1.47. The molecule has 1 aromatic heterocycles. The number of carbonyl (C=O) groups is 1. The van der Waals surface area contributed by atoms with Crippen LogP contribution in [-0.2, 0) is 11.0 Å². The van der Waals surface area contributed by atoms with Gasteiger partial charge >= 0.3 is 6.18 Å². The van der Waals surface area contributed by atoms with Gasteiger partial charge in [0, 0.05) is 43.6 Å². The molecule has 2 heterocycles. The van der Waals surface area contributed by atoms with Gasteiger partial charge < -0.3 is 20.1 Å². The highest BCUT2D eigenvalue weighted by Gasteiger charge is 2.38. The fraction of sp³-hybridized carbons (Fsp3) is 0.320. The van der Waals surface area contributed by atoms with E-state index in [2.05, 4.69) is 32.5 Å². The molecule has 2 aromatic rings. The molecular weight excluding hydrogens is 497 g/mol. The monoisotopic (exact) mass is 518 g/mol. The zero-order valence-electron chi connectivity index (χ0n) is 19.2. The van der Waals surface area contributed by atoms with Gasteiger partial charge in [0.15, 0.2) is 5.75 Å². The van der Waals surface area contributed by atoms with Gasteiger partial charge in [0.1, 0.15) is 28.6 Å². The smallest absolute Gasteiger partial charge is 0.421 e.